The van der Waals surface area contributed by atoms with Crippen LogP contribution in [-0.4, -0.2) is 5.91 Å². The second-order valence-electron chi connectivity index (χ2n) is 5.22. The number of rotatable bonds is 3. The molecule has 17 heavy (non-hydrogen) atoms. The van der Waals surface area contributed by atoms with Crippen LogP contribution >= 0.6 is 0 Å². The highest BCUT2D eigenvalue weighted by atomic mass is 16.1. The van der Waals surface area contributed by atoms with Crippen molar-refractivity contribution in [3.8, 4) is 0 Å². The van der Waals surface area contributed by atoms with Crippen molar-refractivity contribution in [1.29, 1.82) is 0 Å². The summed E-state index contributed by atoms with van der Waals surface area (Å²) in [5.74, 6) is 0.851. The summed E-state index contributed by atoms with van der Waals surface area (Å²) in [5, 5.41) is 3.14. The lowest BCUT2D eigenvalue weighted by Gasteiger charge is -2.14. The molecule has 1 atom stereocenters. The number of nitrogens with one attached hydrogen (secondary N) is 1. The molecular weight excluding hydrogens is 212 g/mol. The lowest BCUT2D eigenvalue weighted by Crippen LogP contribution is -2.27. The molecule has 2 aliphatic rings. The molecule has 1 aromatic carbocycles. The number of hydrogen-bond acceptors (Lipinski definition) is 2. The van der Waals surface area contributed by atoms with E-state index in [9.17, 15) is 4.79 Å². The molecule has 1 fully saturated rings. The van der Waals surface area contributed by atoms with Crippen molar-refractivity contribution < 1.29 is 4.79 Å². The van der Waals surface area contributed by atoms with Crippen LogP contribution in [0.2, 0.25) is 0 Å². The Morgan fingerprint density at radius 3 is 2.94 bits per heavy atom. The molecule has 2 aliphatic carbocycles. The quantitative estimate of drug-likeness (QED) is 0.782. The van der Waals surface area contributed by atoms with Gasteiger partial charge in [-0.05, 0) is 48.8 Å². The summed E-state index contributed by atoms with van der Waals surface area (Å²) < 4.78 is 0. The Morgan fingerprint density at radius 2 is 2.18 bits per heavy atom. The highest BCUT2D eigenvalue weighted by Gasteiger charge is 2.28. The Balaban J connectivity index is 1.70. The van der Waals surface area contributed by atoms with Crippen LogP contribution in [0.15, 0.2) is 18.2 Å². The van der Waals surface area contributed by atoms with E-state index in [1.54, 1.807) is 0 Å². The van der Waals surface area contributed by atoms with Crippen LogP contribution in [0.5, 0.6) is 0 Å². The number of carbonyl (C=O) groups excluding carboxylic acids is 1. The molecule has 3 rings (SSSR count). The van der Waals surface area contributed by atoms with Gasteiger partial charge in [0.2, 0.25) is 5.91 Å². The van der Waals surface area contributed by atoms with E-state index in [0.29, 0.717) is 12.3 Å². The molecule has 0 spiro atoms. The van der Waals surface area contributed by atoms with Gasteiger partial charge in [-0.1, -0.05) is 12.1 Å². The van der Waals surface area contributed by atoms with E-state index in [2.05, 4.69) is 11.4 Å². The number of nitrogen functional groups attached to an aromatic ring is 1. The highest BCUT2D eigenvalue weighted by Crippen LogP contribution is 2.36. The number of benzene rings is 1. The van der Waals surface area contributed by atoms with Gasteiger partial charge >= 0.3 is 0 Å². The number of hydrogen-bond donors (Lipinski definition) is 2. The minimum Gasteiger partial charge on any atom is -0.398 e. The van der Waals surface area contributed by atoms with E-state index in [1.807, 2.05) is 12.1 Å². The Labute approximate surface area is 101 Å². The monoisotopic (exact) mass is 230 g/mol. The van der Waals surface area contributed by atoms with Gasteiger partial charge in [0.15, 0.2) is 0 Å². The number of amides is 1. The highest BCUT2D eigenvalue weighted by molar-refractivity contribution is 5.77. The first-order valence-corrected chi connectivity index (χ1v) is 6.40. The van der Waals surface area contributed by atoms with Gasteiger partial charge in [0.1, 0.15) is 0 Å². The zero-order chi connectivity index (χ0) is 11.8. The zero-order valence-corrected chi connectivity index (χ0v) is 9.91. The molecule has 1 aromatic rings. The summed E-state index contributed by atoms with van der Waals surface area (Å²) in [6.07, 6.45) is 5.12. The molecule has 3 heteroatoms. The smallest absolute Gasteiger partial charge is 0.220 e. The van der Waals surface area contributed by atoms with Crippen LogP contribution in [-0.2, 0) is 11.2 Å². The van der Waals surface area contributed by atoms with Gasteiger partial charge in [0.05, 0.1) is 6.04 Å². The van der Waals surface area contributed by atoms with Crippen molar-refractivity contribution in [2.24, 2.45) is 5.92 Å². The predicted octanol–water partition coefficient (Wildman–Crippen LogP) is 2.17. The fourth-order valence-electron chi connectivity index (χ4n) is 2.67. The van der Waals surface area contributed by atoms with E-state index in [1.165, 1.54) is 24.0 Å². The van der Waals surface area contributed by atoms with Gasteiger partial charge in [-0.25, -0.2) is 0 Å². The van der Waals surface area contributed by atoms with E-state index >= 15 is 0 Å². The fraction of sp³-hybridized carbons (Fsp3) is 0.500. The molecule has 0 bridgehead atoms. The Bertz CT molecular complexity index is 452. The summed E-state index contributed by atoms with van der Waals surface area (Å²) in [4.78, 5) is 11.8. The van der Waals surface area contributed by atoms with Crippen LogP contribution < -0.4 is 11.1 Å². The largest absolute Gasteiger partial charge is 0.398 e. The fourth-order valence-corrected chi connectivity index (χ4v) is 2.67. The Morgan fingerprint density at radius 1 is 1.35 bits per heavy atom. The van der Waals surface area contributed by atoms with E-state index < -0.39 is 0 Å². The van der Waals surface area contributed by atoms with Gasteiger partial charge in [-0.3, -0.25) is 4.79 Å². The minimum absolute atomic E-state index is 0.180. The third-order valence-corrected chi connectivity index (χ3v) is 3.81. The Hall–Kier alpha value is -1.51. The Kier molecular flexibility index (Phi) is 2.54. The van der Waals surface area contributed by atoms with Gasteiger partial charge in [0, 0.05) is 12.1 Å². The topological polar surface area (TPSA) is 55.1 Å². The summed E-state index contributed by atoms with van der Waals surface area (Å²) in [7, 11) is 0. The minimum atomic E-state index is 0.180. The van der Waals surface area contributed by atoms with Gasteiger partial charge in [-0.15, -0.1) is 0 Å². The molecule has 0 heterocycles. The second kappa shape index (κ2) is 4.06. The lowest BCUT2D eigenvalue weighted by atomic mass is 10.1. The second-order valence-corrected chi connectivity index (χ2v) is 5.22. The molecule has 90 valence electrons. The summed E-state index contributed by atoms with van der Waals surface area (Å²) in [6, 6.07) is 6.17. The maximum Gasteiger partial charge on any atom is 0.220 e. The van der Waals surface area contributed by atoms with E-state index in [4.69, 9.17) is 5.73 Å². The van der Waals surface area contributed by atoms with Gasteiger partial charge < -0.3 is 11.1 Å². The van der Waals surface area contributed by atoms with E-state index in [0.717, 1.165) is 18.5 Å². The predicted molar refractivity (Wildman–Crippen MR) is 67.4 cm³/mol. The van der Waals surface area contributed by atoms with Gasteiger partial charge in [-0.2, -0.15) is 0 Å². The molecular formula is C14H18N2O. The molecule has 0 aromatic heterocycles. The maximum atomic E-state index is 11.8. The molecule has 3 nitrogen and oxygen atoms in total. The van der Waals surface area contributed by atoms with Crippen molar-refractivity contribution in [1.82, 2.24) is 5.32 Å². The molecule has 0 radical (unpaired) electrons. The normalized spacial score (nSPS) is 22.2. The van der Waals surface area contributed by atoms with Crippen molar-refractivity contribution in [2.45, 2.75) is 38.1 Å². The standard InChI is InChI=1S/C14H18N2O/c15-12-3-1-2-11-10(12)6-7-13(11)16-14(17)8-9-4-5-9/h1-3,9,13H,4-8,15H2,(H,16,17). The number of nitrogens with two attached hydrogens (primary N) is 1. The van der Waals surface area contributed by atoms with Gasteiger partial charge in [0.25, 0.3) is 0 Å². The first-order valence-electron chi connectivity index (χ1n) is 6.40. The van der Waals surface area contributed by atoms with Crippen LogP contribution in [0.3, 0.4) is 0 Å². The molecule has 0 aliphatic heterocycles. The summed E-state index contributed by atoms with van der Waals surface area (Å²) >= 11 is 0. The average Bonchev–Trinajstić information content (AvgIpc) is 3.00. The first-order chi connectivity index (χ1) is 8.24. The summed E-state index contributed by atoms with van der Waals surface area (Å²) in [6.45, 7) is 0. The third kappa shape index (κ3) is 2.14. The number of carbonyl (C=O) groups is 1. The third-order valence-electron chi connectivity index (χ3n) is 3.81. The van der Waals surface area contributed by atoms with Crippen LogP contribution in [0, 0.1) is 5.92 Å². The van der Waals surface area contributed by atoms with Crippen molar-refractivity contribution in [3.63, 3.8) is 0 Å². The molecule has 3 N–H and O–H groups in total. The van der Waals surface area contributed by atoms with E-state index in [-0.39, 0.29) is 11.9 Å². The average molecular weight is 230 g/mol. The van der Waals surface area contributed by atoms with Crippen molar-refractivity contribution >= 4 is 11.6 Å². The molecule has 0 saturated heterocycles. The van der Waals surface area contributed by atoms with Crippen LogP contribution in [0.25, 0.3) is 0 Å². The molecule has 1 saturated carbocycles. The summed E-state index contributed by atoms with van der Waals surface area (Å²) in [5.41, 5.74) is 9.25. The number of anilines is 1. The first kappa shape index (κ1) is 10.6. The van der Waals surface area contributed by atoms with Crippen LogP contribution in [0.1, 0.15) is 42.9 Å². The lowest BCUT2D eigenvalue weighted by molar-refractivity contribution is -0.122. The maximum absolute atomic E-state index is 11.8. The molecule has 1 unspecified atom stereocenters. The zero-order valence-electron chi connectivity index (χ0n) is 9.91. The molecule has 1 amide bonds. The SMILES string of the molecule is Nc1cccc2c1CCC2NC(=O)CC1CC1. The van der Waals surface area contributed by atoms with Crippen molar-refractivity contribution in [3.05, 3.63) is 29.3 Å². The van der Waals surface area contributed by atoms with Crippen molar-refractivity contribution in [2.75, 3.05) is 5.73 Å². The van der Waals surface area contributed by atoms with Crippen LogP contribution in [0.4, 0.5) is 5.69 Å². The number of fused-ring (bicyclic) bond motifs is 1.